The van der Waals surface area contributed by atoms with E-state index in [1.807, 2.05) is 30.3 Å². The van der Waals surface area contributed by atoms with E-state index in [4.69, 9.17) is 18.9 Å². The summed E-state index contributed by atoms with van der Waals surface area (Å²) in [6, 6.07) is 12.5. The Morgan fingerprint density at radius 3 is 2.83 bits per heavy atom. The number of likely N-dealkylation sites (tertiary alicyclic amines) is 1. The van der Waals surface area contributed by atoms with Crippen LogP contribution in [0.2, 0.25) is 0 Å². The summed E-state index contributed by atoms with van der Waals surface area (Å²) in [5.41, 5.74) is 2.71. The minimum atomic E-state index is -0.224. The number of benzene rings is 2. The fraction of sp³-hybridized carbons (Fsp3) is 0.559. The second kappa shape index (κ2) is 10.6. The number of ether oxygens (including phenoxy) is 4. The number of fused-ring (bicyclic) bond motifs is 3. The Bertz CT molecular complexity index is 1310. The van der Waals surface area contributed by atoms with Gasteiger partial charge in [-0.3, -0.25) is 4.79 Å². The molecule has 7 atom stereocenters. The van der Waals surface area contributed by atoms with Crippen molar-refractivity contribution in [2.24, 2.45) is 29.1 Å². The number of hydrogen-bond acceptors (Lipinski definition) is 6. The van der Waals surface area contributed by atoms with Crippen LogP contribution in [0.25, 0.3) is 0 Å². The van der Waals surface area contributed by atoms with Crippen molar-refractivity contribution < 1.29 is 28.1 Å². The number of halogens is 1. The van der Waals surface area contributed by atoms with Crippen molar-refractivity contribution in [1.29, 1.82) is 0 Å². The molecule has 0 radical (unpaired) electrons. The molecule has 6 nitrogen and oxygen atoms in total. The van der Waals surface area contributed by atoms with Gasteiger partial charge in [-0.05, 0) is 92.1 Å². The molecule has 0 aromatic heterocycles. The number of carbonyl (C=O) groups excluding carboxylic acids is 1. The molecule has 4 fully saturated rings. The Hall–Kier alpha value is -3.06. The Morgan fingerprint density at radius 1 is 1.15 bits per heavy atom. The molecule has 41 heavy (non-hydrogen) atoms. The SMILES string of the molecule is C=C1CCC[C@@]2(C)C[C@H]3OC(=O)[C@@H](CN4CC[C@@H](c5ccc(F)cc5)[C@@H](COc5ccc6c(c5)OCO6)C4)[C@@H]3C[C@H]12. The summed E-state index contributed by atoms with van der Waals surface area (Å²) in [5, 5.41) is 0. The van der Waals surface area contributed by atoms with Crippen LogP contribution in [0.5, 0.6) is 17.2 Å². The zero-order chi connectivity index (χ0) is 28.1. The van der Waals surface area contributed by atoms with Crippen molar-refractivity contribution in [3.8, 4) is 17.2 Å². The van der Waals surface area contributed by atoms with Gasteiger partial charge in [0.05, 0.1) is 12.5 Å². The molecule has 2 saturated carbocycles. The van der Waals surface area contributed by atoms with Gasteiger partial charge in [0.25, 0.3) is 0 Å². The van der Waals surface area contributed by atoms with Gasteiger partial charge in [-0.15, -0.1) is 0 Å². The second-order valence-corrected chi connectivity index (χ2v) is 13.2. The van der Waals surface area contributed by atoms with E-state index in [0.29, 0.717) is 24.8 Å². The first-order valence-corrected chi connectivity index (χ1v) is 15.2. The summed E-state index contributed by atoms with van der Waals surface area (Å²) in [6.45, 7) is 9.97. The lowest BCUT2D eigenvalue weighted by molar-refractivity contribution is -0.146. The molecular formula is C34H40FNO5. The first-order chi connectivity index (χ1) is 19.9. The maximum Gasteiger partial charge on any atom is 0.310 e. The summed E-state index contributed by atoms with van der Waals surface area (Å²) in [4.78, 5) is 15.7. The predicted molar refractivity (Wildman–Crippen MR) is 152 cm³/mol. The first kappa shape index (κ1) is 26.8. The fourth-order valence-electron chi connectivity index (χ4n) is 8.50. The van der Waals surface area contributed by atoms with Crippen LogP contribution in [-0.2, 0) is 9.53 Å². The van der Waals surface area contributed by atoms with E-state index in [-0.39, 0.29) is 53.8 Å². The maximum atomic E-state index is 13.7. The second-order valence-electron chi connectivity index (χ2n) is 13.2. The Labute approximate surface area is 241 Å². The predicted octanol–water partition coefficient (Wildman–Crippen LogP) is 6.35. The lowest BCUT2D eigenvalue weighted by atomic mass is 9.55. The fourth-order valence-corrected chi connectivity index (χ4v) is 8.50. The largest absolute Gasteiger partial charge is 0.493 e. The third-order valence-electron chi connectivity index (χ3n) is 10.7. The van der Waals surface area contributed by atoms with Gasteiger partial charge < -0.3 is 23.8 Å². The van der Waals surface area contributed by atoms with E-state index in [1.54, 1.807) is 12.1 Å². The van der Waals surface area contributed by atoms with Gasteiger partial charge in [0.15, 0.2) is 11.5 Å². The topological polar surface area (TPSA) is 57.2 Å². The van der Waals surface area contributed by atoms with Crippen LogP contribution in [-0.4, -0.2) is 50.0 Å². The molecule has 0 N–H and O–H groups in total. The van der Waals surface area contributed by atoms with Gasteiger partial charge >= 0.3 is 5.97 Å². The van der Waals surface area contributed by atoms with Crippen LogP contribution in [0.15, 0.2) is 54.6 Å². The highest BCUT2D eigenvalue weighted by atomic mass is 19.1. The Morgan fingerprint density at radius 2 is 1.98 bits per heavy atom. The maximum absolute atomic E-state index is 13.7. The van der Waals surface area contributed by atoms with E-state index in [2.05, 4.69) is 18.4 Å². The summed E-state index contributed by atoms with van der Waals surface area (Å²) in [7, 11) is 0. The van der Waals surface area contributed by atoms with Crippen LogP contribution in [0.1, 0.15) is 56.9 Å². The Kier molecular flexibility index (Phi) is 6.96. The molecule has 2 aliphatic carbocycles. The summed E-state index contributed by atoms with van der Waals surface area (Å²) >= 11 is 0. The molecule has 2 aromatic carbocycles. The van der Waals surface area contributed by atoms with Gasteiger partial charge in [0.1, 0.15) is 17.7 Å². The van der Waals surface area contributed by atoms with Crippen molar-refractivity contribution in [3.63, 3.8) is 0 Å². The van der Waals surface area contributed by atoms with Crippen molar-refractivity contribution >= 4 is 5.97 Å². The van der Waals surface area contributed by atoms with Crippen LogP contribution in [0.3, 0.4) is 0 Å². The number of allylic oxidation sites excluding steroid dienone is 1. The molecule has 0 unspecified atom stereocenters. The number of nitrogens with zero attached hydrogens (tertiary/aromatic N) is 1. The van der Waals surface area contributed by atoms with Crippen molar-refractivity contribution in [3.05, 3.63) is 66.0 Å². The van der Waals surface area contributed by atoms with Gasteiger partial charge in [0.2, 0.25) is 6.79 Å². The molecule has 7 heteroatoms. The average Bonchev–Trinajstić information content (AvgIpc) is 3.54. The molecular weight excluding hydrogens is 521 g/mol. The van der Waals surface area contributed by atoms with Crippen molar-refractivity contribution in [2.45, 2.75) is 57.5 Å². The van der Waals surface area contributed by atoms with E-state index in [9.17, 15) is 9.18 Å². The standard InChI is InChI=1S/C34H40FNO5/c1-21-4-3-12-34(2)16-32-27(15-29(21)34)28(33(37)41-32)18-36-13-11-26(22-5-7-24(35)8-6-22)23(17-36)19-38-25-9-10-30-31(14-25)40-20-39-30/h5-10,14,23,26-29,32H,1,3-4,11-13,15-20H2,2H3/t23-,26+,27+,28+,29-,32-,34+/m1/s1. The third-order valence-corrected chi connectivity index (χ3v) is 10.7. The van der Waals surface area contributed by atoms with Gasteiger partial charge in [0, 0.05) is 31.0 Å². The molecule has 0 spiro atoms. The molecule has 218 valence electrons. The molecule has 0 bridgehead atoms. The summed E-state index contributed by atoms with van der Waals surface area (Å²) in [6.07, 6.45) is 6.43. The molecule has 2 saturated heterocycles. The molecule has 5 aliphatic rings. The van der Waals surface area contributed by atoms with Crippen molar-refractivity contribution in [1.82, 2.24) is 4.90 Å². The highest BCUT2D eigenvalue weighted by Gasteiger charge is 2.55. The quantitative estimate of drug-likeness (QED) is 0.303. The number of hydrogen-bond donors (Lipinski definition) is 0. The molecule has 3 aliphatic heterocycles. The highest BCUT2D eigenvalue weighted by molar-refractivity contribution is 5.75. The summed E-state index contributed by atoms with van der Waals surface area (Å²) in [5.74, 6) is 2.98. The number of rotatable bonds is 6. The van der Waals surface area contributed by atoms with E-state index >= 15 is 0 Å². The third kappa shape index (κ3) is 5.11. The smallest absolute Gasteiger partial charge is 0.310 e. The number of carbonyl (C=O) groups is 1. The van der Waals surface area contributed by atoms with Crippen molar-refractivity contribution in [2.75, 3.05) is 33.0 Å². The lowest BCUT2D eigenvalue weighted by Gasteiger charge is -2.50. The van der Waals surface area contributed by atoms with Crippen LogP contribution in [0, 0.1) is 34.9 Å². The summed E-state index contributed by atoms with van der Waals surface area (Å²) < 4.78 is 37.1. The minimum absolute atomic E-state index is 0.0262. The van der Waals surface area contributed by atoms with Gasteiger partial charge in [-0.2, -0.15) is 0 Å². The molecule has 3 heterocycles. The first-order valence-electron chi connectivity index (χ1n) is 15.2. The molecule has 7 rings (SSSR count). The zero-order valence-corrected chi connectivity index (χ0v) is 23.9. The van der Waals surface area contributed by atoms with Gasteiger partial charge in [-0.1, -0.05) is 31.2 Å². The molecule has 0 amide bonds. The highest BCUT2D eigenvalue weighted by Crippen LogP contribution is 2.57. The Balaban J connectivity index is 1.06. The number of piperidine rings is 1. The average molecular weight is 562 g/mol. The molecule has 2 aromatic rings. The van der Waals surface area contributed by atoms with Gasteiger partial charge in [-0.25, -0.2) is 4.39 Å². The number of esters is 1. The normalized spacial score (nSPS) is 34.6. The zero-order valence-electron chi connectivity index (χ0n) is 23.9. The monoisotopic (exact) mass is 561 g/mol. The van der Waals surface area contributed by atoms with Crippen LogP contribution >= 0.6 is 0 Å². The van der Waals surface area contributed by atoms with Crippen LogP contribution < -0.4 is 14.2 Å². The lowest BCUT2D eigenvalue weighted by Crippen LogP contribution is -2.48. The van der Waals surface area contributed by atoms with Crippen LogP contribution in [0.4, 0.5) is 4.39 Å². The minimum Gasteiger partial charge on any atom is -0.493 e. The van der Waals surface area contributed by atoms with E-state index in [1.165, 1.54) is 18.4 Å². The van der Waals surface area contributed by atoms with E-state index < -0.39 is 0 Å². The van der Waals surface area contributed by atoms with E-state index in [0.717, 1.165) is 55.8 Å².